The molecule has 0 aliphatic carbocycles. The van der Waals surface area contributed by atoms with E-state index >= 15 is 0 Å². The Morgan fingerprint density at radius 2 is 1.58 bits per heavy atom. The first-order valence-electron chi connectivity index (χ1n) is 10.9. The van der Waals surface area contributed by atoms with E-state index in [4.69, 9.17) is 4.98 Å². The largest absolute Gasteiger partial charge is 0.287 e. The highest BCUT2D eigenvalue weighted by Crippen LogP contribution is 2.39. The SMILES string of the molecule is Cc1ccccc1-c1cc2c3ccc(C(C)(C)C)nc3n3c4ccccc4c(c23)[n+]1C. The summed E-state index contributed by atoms with van der Waals surface area (Å²) in [5.74, 6) is 0. The van der Waals surface area contributed by atoms with Crippen molar-refractivity contribution in [2.24, 2.45) is 7.05 Å². The Balaban J connectivity index is 1.88. The third-order valence-corrected chi connectivity index (χ3v) is 6.65. The first kappa shape index (κ1) is 18.3. The molecule has 0 radical (unpaired) electrons. The maximum Gasteiger partial charge on any atom is 0.239 e. The van der Waals surface area contributed by atoms with Crippen LogP contribution in [0.15, 0.2) is 66.7 Å². The van der Waals surface area contributed by atoms with Crippen molar-refractivity contribution in [3.63, 3.8) is 0 Å². The zero-order valence-electron chi connectivity index (χ0n) is 18.7. The van der Waals surface area contributed by atoms with Crippen LogP contribution in [-0.2, 0) is 12.5 Å². The van der Waals surface area contributed by atoms with E-state index in [1.54, 1.807) is 0 Å². The van der Waals surface area contributed by atoms with Gasteiger partial charge in [-0.2, -0.15) is 4.57 Å². The van der Waals surface area contributed by atoms with Crippen LogP contribution in [0.4, 0.5) is 0 Å². The molecule has 3 heteroatoms. The molecule has 0 spiro atoms. The maximum absolute atomic E-state index is 5.19. The molecule has 4 aromatic heterocycles. The van der Waals surface area contributed by atoms with Gasteiger partial charge in [-0.25, -0.2) is 4.98 Å². The standard InChI is InChI=1S/C28H26N3/c1-17-10-6-7-11-18(17)23-16-21-19-14-15-24(28(2,3)4)29-27(19)31-22-13-9-8-12-20(22)25(26(21)31)30(23)5/h6-16H,1-5H3/q+1. The van der Waals surface area contributed by atoms with Gasteiger partial charge in [0.1, 0.15) is 18.2 Å². The topological polar surface area (TPSA) is 21.2 Å². The van der Waals surface area contributed by atoms with E-state index in [0.717, 1.165) is 11.3 Å². The first-order valence-corrected chi connectivity index (χ1v) is 10.9. The molecule has 0 saturated heterocycles. The highest BCUT2D eigenvalue weighted by Gasteiger charge is 2.28. The molecule has 3 nitrogen and oxygen atoms in total. The lowest BCUT2D eigenvalue weighted by atomic mass is 9.91. The molecule has 0 N–H and O–H groups in total. The number of rotatable bonds is 1. The molecule has 0 fully saturated rings. The van der Waals surface area contributed by atoms with Gasteiger partial charge in [0.15, 0.2) is 0 Å². The number of para-hydroxylation sites is 1. The molecule has 6 aromatic rings. The molecule has 0 aliphatic heterocycles. The number of fused-ring (bicyclic) bond motifs is 6. The van der Waals surface area contributed by atoms with Gasteiger partial charge in [-0.1, -0.05) is 51.1 Å². The summed E-state index contributed by atoms with van der Waals surface area (Å²) in [5, 5.41) is 3.75. The predicted octanol–water partition coefficient (Wildman–Crippen LogP) is 6.33. The van der Waals surface area contributed by atoms with Crippen molar-refractivity contribution in [2.75, 3.05) is 0 Å². The Bertz CT molecular complexity index is 1630. The van der Waals surface area contributed by atoms with Crippen molar-refractivity contribution in [1.82, 2.24) is 9.38 Å². The highest BCUT2D eigenvalue weighted by atomic mass is 15.0. The molecular weight excluding hydrogens is 378 g/mol. The van der Waals surface area contributed by atoms with Crippen LogP contribution >= 0.6 is 0 Å². The van der Waals surface area contributed by atoms with Crippen LogP contribution in [0, 0.1) is 6.92 Å². The van der Waals surface area contributed by atoms with Crippen LogP contribution in [0.1, 0.15) is 32.0 Å². The minimum absolute atomic E-state index is 0.00283. The van der Waals surface area contributed by atoms with Crippen molar-refractivity contribution < 1.29 is 4.57 Å². The number of hydrogen-bond acceptors (Lipinski definition) is 1. The summed E-state index contributed by atoms with van der Waals surface area (Å²) in [5.41, 5.74) is 9.70. The summed E-state index contributed by atoms with van der Waals surface area (Å²) < 4.78 is 4.72. The average Bonchev–Trinajstić information content (AvgIpc) is 3.25. The fourth-order valence-electron chi connectivity index (χ4n) is 5.02. The molecule has 0 unspecified atom stereocenters. The monoisotopic (exact) mass is 404 g/mol. The number of pyridine rings is 2. The van der Waals surface area contributed by atoms with Crippen LogP contribution in [0.5, 0.6) is 0 Å². The Morgan fingerprint density at radius 3 is 2.35 bits per heavy atom. The third-order valence-electron chi connectivity index (χ3n) is 6.65. The predicted molar refractivity (Wildman–Crippen MR) is 129 cm³/mol. The molecule has 2 aromatic carbocycles. The quantitative estimate of drug-likeness (QED) is 0.293. The summed E-state index contributed by atoms with van der Waals surface area (Å²) in [6.45, 7) is 8.86. The van der Waals surface area contributed by atoms with Gasteiger partial charge >= 0.3 is 0 Å². The van der Waals surface area contributed by atoms with Crippen molar-refractivity contribution >= 4 is 38.4 Å². The zero-order valence-corrected chi connectivity index (χ0v) is 18.7. The van der Waals surface area contributed by atoms with Gasteiger partial charge in [0.2, 0.25) is 11.2 Å². The normalized spacial score (nSPS) is 12.7. The molecule has 0 saturated carbocycles. The number of nitrogens with zero attached hydrogens (tertiary/aromatic N) is 3. The molecular formula is C28H26N3+. The second-order valence-electron chi connectivity index (χ2n) is 9.68. The fraction of sp³-hybridized carbons (Fsp3) is 0.214. The van der Waals surface area contributed by atoms with Gasteiger partial charge in [0, 0.05) is 33.5 Å². The van der Waals surface area contributed by atoms with Crippen molar-refractivity contribution in [1.29, 1.82) is 0 Å². The van der Waals surface area contributed by atoms with Crippen LogP contribution in [0.2, 0.25) is 0 Å². The van der Waals surface area contributed by atoms with Crippen LogP contribution in [0.25, 0.3) is 49.6 Å². The number of aromatic nitrogens is 3. The summed E-state index contributed by atoms with van der Waals surface area (Å²) in [4.78, 5) is 5.19. The number of aryl methyl sites for hydroxylation is 2. The number of benzene rings is 2. The van der Waals surface area contributed by atoms with Gasteiger partial charge in [0.25, 0.3) is 0 Å². The summed E-state index contributed by atoms with van der Waals surface area (Å²) in [6, 6.07) is 24.2. The Kier molecular flexibility index (Phi) is 3.57. The molecule has 31 heavy (non-hydrogen) atoms. The second-order valence-corrected chi connectivity index (χ2v) is 9.68. The first-order chi connectivity index (χ1) is 14.9. The van der Waals surface area contributed by atoms with E-state index in [0.29, 0.717) is 0 Å². The highest BCUT2D eigenvalue weighted by molar-refractivity contribution is 6.20. The molecule has 0 atom stereocenters. The lowest BCUT2D eigenvalue weighted by Gasteiger charge is -2.17. The molecule has 152 valence electrons. The zero-order chi connectivity index (χ0) is 21.5. The van der Waals surface area contributed by atoms with Gasteiger partial charge in [-0.3, -0.25) is 4.40 Å². The Labute approximate surface area is 181 Å². The second kappa shape index (κ2) is 6.04. The molecule has 6 rings (SSSR count). The third kappa shape index (κ3) is 2.40. The van der Waals surface area contributed by atoms with Gasteiger partial charge in [-0.05, 0) is 42.8 Å². The van der Waals surface area contributed by atoms with Crippen molar-refractivity contribution in [2.45, 2.75) is 33.1 Å². The van der Waals surface area contributed by atoms with E-state index in [9.17, 15) is 0 Å². The van der Waals surface area contributed by atoms with E-state index < -0.39 is 0 Å². The number of hydrogen-bond donors (Lipinski definition) is 0. The lowest BCUT2D eigenvalue weighted by molar-refractivity contribution is -0.632. The molecule has 0 bridgehead atoms. The Morgan fingerprint density at radius 1 is 0.839 bits per heavy atom. The van der Waals surface area contributed by atoms with Crippen LogP contribution in [0.3, 0.4) is 0 Å². The fourth-order valence-corrected chi connectivity index (χ4v) is 5.02. The van der Waals surface area contributed by atoms with E-state index in [-0.39, 0.29) is 5.41 Å². The van der Waals surface area contributed by atoms with Crippen LogP contribution < -0.4 is 4.57 Å². The van der Waals surface area contributed by atoms with Crippen molar-refractivity contribution in [3.8, 4) is 11.3 Å². The summed E-state index contributed by atoms with van der Waals surface area (Å²) in [6.07, 6.45) is 0. The molecule has 0 amide bonds. The van der Waals surface area contributed by atoms with E-state index in [1.807, 2.05) is 0 Å². The molecule has 0 aliphatic rings. The summed E-state index contributed by atoms with van der Waals surface area (Å²) in [7, 11) is 2.19. The van der Waals surface area contributed by atoms with Gasteiger partial charge in [-0.15, -0.1) is 0 Å². The minimum Gasteiger partial charge on any atom is -0.287 e. The maximum atomic E-state index is 5.19. The van der Waals surface area contributed by atoms with Gasteiger partial charge in [0.05, 0.1) is 10.9 Å². The summed E-state index contributed by atoms with van der Waals surface area (Å²) >= 11 is 0. The van der Waals surface area contributed by atoms with Crippen LogP contribution in [-0.4, -0.2) is 9.38 Å². The van der Waals surface area contributed by atoms with E-state index in [1.165, 1.54) is 49.5 Å². The Hall–Kier alpha value is -3.46. The molecule has 4 heterocycles. The lowest BCUT2D eigenvalue weighted by Crippen LogP contribution is -2.32. The van der Waals surface area contributed by atoms with Gasteiger partial charge < -0.3 is 0 Å². The smallest absolute Gasteiger partial charge is 0.239 e. The minimum atomic E-state index is 0.00283. The van der Waals surface area contributed by atoms with Crippen molar-refractivity contribution in [3.05, 3.63) is 78.0 Å². The average molecular weight is 405 g/mol. The van der Waals surface area contributed by atoms with E-state index in [2.05, 4.69) is 110 Å².